The standard InChI is InChI=1S/C8H10BrF3N2O2S/c1-17(15,16)3-2-14-7(8(10,11)12)6(4-9)5-13-14/h5H,2-4H2,1H3. The van der Waals surface area contributed by atoms with Crippen LogP contribution in [0.25, 0.3) is 0 Å². The van der Waals surface area contributed by atoms with Crippen LogP contribution in [0.3, 0.4) is 0 Å². The van der Waals surface area contributed by atoms with Gasteiger partial charge in [0.1, 0.15) is 15.5 Å². The number of aryl methyl sites for hydroxylation is 1. The van der Waals surface area contributed by atoms with Crippen molar-refractivity contribution in [2.45, 2.75) is 18.1 Å². The van der Waals surface area contributed by atoms with Crippen molar-refractivity contribution >= 4 is 25.8 Å². The Bertz CT molecular complexity index is 495. The number of halogens is 4. The first-order valence-corrected chi connectivity index (χ1v) is 7.69. The van der Waals surface area contributed by atoms with Crippen LogP contribution in [0.4, 0.5) is 13.2 Å². The largest absolute Gasteiger partial charge is 0.433 e. The molecule has 9 heteroatoms. The molecule has 4 nitrogen and oxygen atoms in total. The molecule has 0 atom stereocenters. The Balaban J connectivity index is 3.05. The molecule has 0 amide bonds. The van der Waals surface area contributed by atoms with Gasteiger partial charge in [-0.25, -0.2) is 8.42 Å². The van der Waals surface area contributed by atoms with Crippen molar-refractivity contribution in [3.63, 3.8) is 0 Å². The van der Waals surface area contributed by atoms with E-state index in [-0.39, 0.29) is 23.2 Å². The molecule has 0 spiro atoms. The van der Waals surface area contributed by atoms with Crippen molar-refractivity contribution < 1.29 is 21.6 Å². The van der Waals surface area contributed by atoms with Crippen molar-refractivity contribution in [3.05, 3.63) is 17.5 Å². The van der Waals surface area contributed by atoms with E-state index in [9.17, 15) is 21.6 Å². The fraction of sp³-hybridized carbons (Fsp3) is 0.625. The molecule has 0 bridgehead atoms. The van der Waals surface area contributed by atoms with Crippen LogP contribution in [0.1, 0.15) is 11.3 Å². The van der Waals surface area contributed by atoms with Gasteiger partial charge in [0.25, 0.3) is 0 Å². The highest BCUT2D eigenvalue weighted by molar-refractivity contribution is 9.08. The maximum Gasteiger partial charge on any atom is 0.433 e. The van der Waals surface area contributed by atoms with Gasteiger partial charge in [0.2, 0.25) is 0 Å². The zero-order valence-electron chi connectivity index (χ0n) is 8.83. The van der Waals surface area contributed by atoms with Gasteiger partial charge < -0.3 is 0 Å². The van der Waals surface area contributed by atoms with Gasteiger partial charge in [-0.15, -0.1) is 0 Å². The zero-order chi connectivity index (χ0) is 13.3. The molecule has 0 fully saturated rings. The molecule has 0 aliphatic rings. The topological polar surface area (TPSA) is 52.0 Å². The molecule has 1 aromatic heterocycles. The molecular formula is C8H10BrF3N2O2S. The molecular weight excluding hydrogens is 325 g/mol. The van der Waals surface area contributed by atoms with Crippen molar-refractivity contribution in [2.75, 3.05) is 12.0 Å². The summed E-state index contributed by atoms with van der Waals surface area (Å²) in [4.78, 5) is 0. The van der Waals surface area contributed by atoms with Crippen LogP contribution in [0.5, 0.6) is 0 Å². The SMILES string of the molecule is CS(=O)(=O)CCn1ncc(CBr)c1C(F)(F)F. The van der Waals surface area contributed by atoms with Crippen LogP contribution in [0.15, 0.2) is 6.20 Å². The fourth-order valence-electron chi connectivity index (χ4n) is 1.27. The van der Waals surface area contributed by atoms with Gasteiger partial charge in [0.05, 0.1) is 18.5 Å². The van der Waals surface area contributed by atoms with Crippen LogP contribution >= 0.6 is 15.9 Å². The van der Waals surface area contributed by atoms with Crippen LogP contribution in [-0.2, 0) is 27.9 Å². The van der Waals surface area contributed by atoms with Gasteiger partial charge >= 0.3 is 6.18 Å². The van der Waals surface area contributed by atoms with E-state index in [1.54, 1.807) is 0 Å². The Hall–Kier alpha value is -0.570. The average Bonchev–Trinajstić information content (AvgIpc) is 2.55. The number of sulfone groups is 1. The molecule has 1 rings (SSSR count). The summed E-state index contributed by atoms with van der Waals surface area (Å²) in [5, 5.41) is 3.57. The maximum absolute atomic E-state index is 12.7. The minimum absolute atomic E-state index is 0.00833. The van der Waals surface area contributed by atoms with Gasteiger partial charge in [0.15, 0.2) is 0 Å². The predicted molar refractivity (Wildman–Crippen MR) is 59.6 cm³/mol. The first kappa shape index (κ1) is 14.5. The van der Waals surface area contributed by atoms with Crippen molar-refractivity contribution in [1.82, 2.24) is 9.78 Å². The second-order valence-corrected chi connectivity index (χ2v) is 6.32. The second kappa shape index (κ2) is 4.97. The third-order valence-electron chi connectivity index (χ3n) is 2.00. The molecule has 0 unspecified atom stereocenters. The molecule has 0 N–H and O–H groups in total. The van der Waals surface area contributed by atoms with Gasteiger partial charge in [-0.1, -0.05) is 15.9 Å². The van der Waals surface area contributed by atoms with Crippen LogP contribution in [0.2, 0.25) is 0 Å². The van der Waals surface area contributed by atoms with Crippen LogP contribution in [-0.4, -0.2) is 30.2 Å². The zero-order valence-corrected chi connectivity index (χ0v) is 11.2. The first-order valence-electron chi connectivity index (χ1n) is 4.50. The Morgan fingerprint density at radius 1 is 1.47 bits per heavy atom. The summed E-state index contributed by atoms with van der Waals surface area (Å²) in [6, 6.07) is 0. The van der Waals surface area contributed by atoms with Gasteiger partial charge in [-0.2, -0.15) is 18.3 Å². The van der Waals surface area contributed by atoms with E-state index in [0.29, 0.717) is 4.68 Å². The second-order valence-electron chi connectivity index (χ2n) is 3.50. The lowest BCUT2D eigenvalue weighted by molar-refractivity contribution is -0.144. The lowest BCUT2D eigenvalue weighted by atomic mass is 10.2. The molecule has 1 heterocycles. The summed E-state index contributed by atoms with van der Waals surface area (Å²) in [5.41, 5.74) is -0.913. The van der Waals surface area contributed by atoms with Gasteiger partial charge in [-0.05, 0) is 0 Å². The van der Waals surface area contributed by atoms with Crippen molar-refractivity contribution in [1.29, 1.82) is 0 Å². The fourth-order valence-corrected chi connectivity index (χ4v) is 2.19. The molecule has 1 aromatic rings. The quantitative estimate of drug-likeness (QED) is 0.789. The van der Waals surface area contributed by atoms with E-state index in [1.165, 1.54) is 0 Å². The number of nitrogens with zero attached hydrogens (tertiary/aromatic N) is 2. The monoisotopic (exact) mass is 334 g/mol. The van der Waals surface area contributed by atoms with Gasteiger partial charge in [-0.3, -0.25) is 4.68 Å². The number of hydrogen-bond donors (Lipinski definition) is 0. The van der Waals surface area contributed by atoms with Crippen LogP contribution < -0.4 is 0 Å². The molecule has 0 aliphatic carbocycles. The van der Waals surface area contributed by atoms with E-state index >= 15 is 0 Å². The third kappa shape index (κ3) is 3.98. The minimum Gasteiger partial charge on any atom is -0.259 e. The van der Waals surface area contributed by atoms with Crippen molar-refractivity contribution in [2.24, 2.45) is 0 Å². The number of rotatable bonds is 4. The molecule has 0 saturated heterocycles. The Morgan fingerprint density at radius 2 is 2.06 bits per heavy atom. The highest BCUT2D eigenvalue weighted by atomic mass is 79.9. The van der Waals surface area contributed by atoms with E-state index in [2.05, 4.69) is 21.0 Å². The molecule has 0 radical (unpaired) electrons. The summed E-state index contributed by atoms with van der Waals surface area (Å²) in [6.45, 7) is -0.305. The minimum atomic E-state index is -4.54. The summed E-state index contributed by atoms with van der Waals surface area (Å²) in [5.74, 6) is -0.376. The van der Waals surface area contributed by atoms with Crippen molar-refractivity contribution in [3.8, 4) is 0 Å². The molecule has 0 saturated carbocycles. The number of aromatic nitrogens is 2. The maximum atomic E-state index is 12.7. The van der Waals surface area contributed by atoms with E-state index in [1.807, 2.05) is 0 Å². The summed E-state index contributed by atoms with van der Waals surface area (Å²) >= 11 is 2.93. The Labute approximate surface area is 105 Å². The van der Waals surface area contributed by atoms with E-state index < -0.39 is 21.7 Å². The highest BCUT2D eigenvalue weighted by Crippen LogP contribution is 2.32. The summed E-state index contributed by atoms with van der Waals surface area (Å²) < 4.78 is 60.7. The Morgan fingerprint density at radius 3 is 2.47 bits per heavy atom. The third-order valence-corrected chi connectivity index (χ3v) is 3.53. The number of hydrogen-bond acceptors (Lipinski definition) is 3. The predicted octanol–water partition coefficient (Wildman–Crippen LogP) is 1.84. The smallest absolute Gasteiger partial charge is 0.259 e. The number of alkyl halides is 4. The highest BCUT2D eigenvalue weighted by Gasteiger charge is 2.37. The molecule has 0 aromatic carbocycles. The summed E-state index contributed by atoms with van der Waals surface area (Å²) in [6.07, 6.45) is -2.49. The molecule has 17 heavy (non-hydrogen) atoms. The molecule has 98 valence electrons. The normalized spacial score (nSPS) is 13.0. The van der Waals surface area contributed by atoms with E-state index in [4.69, 9.17) is 0 Å². The van der Waals surface area contributed by atoms with Gasteiger partial charge in [0, 0.05) is 17.1 Å². The first-order chi connectivity index (χ1) is 7.65. The average molecular weight is 335 g/mol. The molecule has 0 aliphatic heterocycles. The summed E-state index contributed by atoms with van der Waals surface area (Å²) in [7, 11) is -3.32. The lowest BCUT2D eigenvalue weighted by Crippen LogP contribution is -2.20. The lowest BCUT2D eigenvalue weighted by Gasteiger charge is -2.11. The van der Waals surface area contributed by atoms with Crippen LogP contribution in [0, 0.1) is 0 Å². The Kier molecular flexibility index (Phi) is 4.23. The van der Waals surface area contributed by atoms with E-state index in [0.717, 1.165) is 12.5 Å².